The SMILES string of the molecule is Cc1ccc(O)c2nnccc12. The van der Waals surface area contributed by atoms with Gasteiger partial charge in [0, 0.05) is 5.39 Å². The first-order chi connectivity index (χ1) is 5.79. The molecule has 0 aliphatic carbocycles. The first-order valence-electron chi connectivity index (χ1n) is 3.69. The van der Waals surface area contributed by atoms with Crippen molar-refractivity contribution in [3.63, 3.8) is 0 Å². The number of aromatic nitrogens is 2. The molecule has 0 aliphatic heterocycles. The molecule has 12 heavy (non-hydrogen) atoms. The zero-order chi connectivity index (χ0) is 8.55. The van der Waals surface area contributed by atoms with Gasteiger partial charge in [-0.05, 0) is 24.6 Å². The number of benzene rings is 1. The maximum Gasteiger partial charge on any atom is 0.143 e. The lowest BCUT2D eigenvalue weighted by Gasteiger charge is -2.00. The number of aryl methyl sites for hydroxylation is 1. The minimum Gasteiger partial charge on any atom is -0.506 e. The van der Waals surface area contributed by atoms with Crippen LogP contribution in [0, 0.1) is 6.92 Å². The molecule has 0 spiro atoms. The van der Waals surface area contributed by atoms with E-state index in [1.165, 1.54) is 0 Å². The summed E-state index contributed by atoms with van der Waals surface area (Å²) in [7, 11) is 0. The quantitative estimate of drug-likeness (QED) is 0.637. The Labute approximate surface area is 69.7 Å². The van der Waals surface area contributed by atoms with Crippen molar-refractivity contribution in [1.82, 2.24) is 10.2 Å². The molecule has 1 aromatic heterocycles. The molecule has 0 saturated carbocycles. The van der Waals surface area contributed by atoms with Crippen LogP contribution < -0.4 is 0 Å². The molecule has 0 bridgehead atoms. The fraction of sp³-hybridized carbons (Fsp3) is 0.111. The molecule has 0 saturated heterocycles. The van der Waals surface area contributed by atoms with Gasteiger partial charge >= 0.3 is 0 Å². The molecular weight excluding hydrogens is 152 g/mol. The molecular formula is C9H8N2O. The molecule has 60 valence electrons. The summed E-state index contributed by atoms with van der Waals surface area (Å²) in [5.74, 6) is 0.184. The van der Waals surface area contributed by atoms with Gasteiger partial charge in [-0.15, -0.1) is 5.10 Å². The van der Waals surface area contributed by atoms with E-state index in [0.717, 1.165) is 10.9 Å². The fourth-order valence-corrected chi connectivity index (χ4v) is 1.21. The molecule has 0 radical (unpaired) electrons. The van der Waals surface area contributed by atoms with Crippen molar-refractivity contribution in [3.05, 3.63) is 30.0 Å². The van der Waals surface area contributed by atoms with Crippen molar-refractivity contribution in [2.75, 3.05) is 0 Å². The zero-order valence-electron chi connectivity index (χ0n) is 6.65. The Morgan fingerprint density at radius 3 is 2.83 bits per heavy atom. The Kier molecular flexibility index (Phi) is 1.43. The van der Waals surface area contributed by atoms with Crippen LogP contribution in [0.2, 0.25) is 0 Å². The maximum absolute atomic E-state index is 9.39. The minimum atomic E-state index is 0.184. The number of nitrogens with zero attached hydrogens (tertiary/aromatic N) is 2. The molecule has 0 amide bonds. The molecule has 1 heterocycles. The van der Waals surface area contributed by atoms with Crippen LogP contribution in [0.15, 0.2) is 24.4 Å². The Morgan fingerprint density at radius 2 is 2.08 bits per heavy atom. The van der Waals surface area contributed by atoms with Crippen LogP contribution in [0.3, 0.4) is 0 Å². The summed E-state index contributed by atoms with van der Waals surface area (Å²) in [6, 6.07) is 5.34. The van der Waals surface area contributed by atoms with E-state index in [1.807, 2.05) is 19.1 Å². The highest BCUT2D eigenvalue weighted by atomic mass is 16.3. The lowest BCUT2D eigenvalue weighted by Crippen LogP contribution is -1.85. The van der Waals surface area contributed by atoms with Crippen LogP contribution in [0.25, 0.3) is 10.9 Å². The second kappa shape index (κ2) is 2.44. The zero-order valence-corrected chi connectivity index (χ0v) is 6.65. The van der Waals surface area contributed by atoms with E-state index in [9.17, 15) is 5.11 Å². The summed E-state index contributed by atoms with van der Waals surface area (Å²) in [6.07, 6.45) is 1.62. The van der Waals surface area contributed by atoms with Gasteiger partial charge < -0.3 is 5.11 Å². The number of phenolic OH excluding ortho intramolecular Hbond substituents is 1. The van der Waals surface area contributed by atoms with Crippen LogP contribution in [0.4, 0.5) is 0 Å². The summed E-state index contributed by atoms with van der Waals surface area (Å²) in [4.78, 5) is 0. The van der Waals surface area contributed by atoms with Crippen LogP contribution >= 0.6 is 0 Å². The minimum absolute atomic E-state index is 0.184. The van der Waals surface area contributed by atoms with E-state index in [-0.39, 0.29) is 5.75 Å². The maximum atomic E-state index is 9.39. The van der Waals surface area contributed by atoms with Gasteiger partial charge in [-0.1, -0.05) is 6.07 Å². The average molecular weight is 160 g/mol. The predicted molar refractivity (Wildman–Crippen MR) is 45.9 cm³/mol. The lowest BCUT2D eigenvalue weighted by molar-refractivity contribution is 0.479. The van der Waals surface area contributed by atoms with Gasteiger partial charge in [-0.25, -0.2) is 0 Å². The highest BCUT2D eigenvalue weighted by molar-refractivity contribution is 5.86. The molecule has 3 nitrogen and oxygen atoms in total. The molecule has 3 heteroatoms. The largest absolute Gasteiger partial charge is 0.506 e. The second-order valence-corrected chi connectivity index (χ2v) is 2.70. The third-order valence-electron chi connectivity index (χ3n) is 1.88. The van der Waals surface area contributed by atoms with Crippen LogP contribution in [0.1, 0.15) is 5.56 Å². The van der Waals surface area contributed by atoms with Gasteiger partial charge in [0.15, 0.2) is 0 Å². The van der Waals surface area contributed by atoms with Crippen molar-refractivity contribution in [1.29, 1.82) is 0 Å². The van der Waals surface area contributed by atoms with Crippen molar-refractivity contribution >= 4 is 10.9 Å². The van der Waals surface area contributed by atoms with Crippen molar-refractivity contribution in [2.24, 2.45) is 0 Å². The number of phenols is 1. The molecule has 2 rings (SSSR count). The van der Waals surface area contributed by atoms with E-state index in [2.05, 4.69) is 10.2 Å². The molecule has 1 aromatic carbocycles. The molecule has 0 atom stereocenters. The number of fused-ring (bicyclic) bond motifs is 1. The molecule has 0 aliphatic rings. The smallest absolute Gasteiger partial charge is 0.143 e. The molecule has 0 fully saturated rings. The predicted octanol–water partition coefficient (Wildman–Crippen LogP) is 1.64. The third-order valence-corrected chi connectivity index (χ3v) is 1.88. The Hall–Kier alpha value is -1.64. The Balaban J connectivity index is 2.95. The van der Waals surface area contributed by atoms with Crippen molar-refractivity contribution in [3.8, 4) is 5.75 Å². The number of rotatable bonds is 0. The van der Waals surface area contributed by atoms with E-state index in [4.69, 9.17) is 0 Å². The van der Waals surface area contributed by atoms with Gasteiger partial charge in [0.2, 0.25) is 0 Å². The van der Waals surface area contributed by atoms with Crippen LogP contribution in [-0.4, -0.2) is 15.3 Å². The normalized spacial score (nSPS) is 10.4. The summed E-state index contributed by atoms with van der Waals surface area (Å²) < 4.78 is 0. The highest BCUT2D eigenvalue weighted by Gasteiger charge is 2.02. The molecule has 2 aromatic rings. The standard InChI is InChI=1S/C9H8N2O/c1-6-2-3-8(12)9-7(6)4-5-10-11-9/h2-5,12H,1H3. The average Bonchev–Trinajstić information content (AvgIpc) is 2.12. The summed E-state index contributed by atoms with van der Waals surface area (Å²) >= 11 is 0. The van der Waals surface area contributed by atoms with Crippen molar-refractivity contribution in [2.45, 2.75) is 6.92 Å². The first kappa shape index (κ1) is 7.03. The number of hydrogen-bond donors (Lipinski definition) is 1. The number of aromatic hydroxyl groups is 1. The Bertz CT molecular complexity index is 385. The van der Waals surface area contributed by atoms with E-state index in [1.54, 1.807) is 12.3 Å². The summed E-state index contributed by atoms with van der Waals surface area (Å²) in [5.41, 5.74) is 1.66. The van der Waals surface area contributed by atoms with Crippen LogP contribution in [-0.2, 0) is 0 Å². The van der Waals surface area contributed by atoms with E-state index < -0.39 is 0 Å². The highest BCUT2D eigenvalue weighted by Crippen LogP contribution is 2.23. The summed E-state index contributed by atoms with van der Waals surface area (Å²) in [6.45, 7) is 1.98. The lowest BCUT2D eigenvalue weighted by atomic mass is 10.1. The van der Waals surface area contributed by atoms with Gasteiger partial charge in [0.25, 0.3) is 0 Å². The van der Waals surface area contributed by atoms with E-state index >= 15 is 0 Å². The molecule has 1 N–H and O–H groups in total. The summed E-state index contributed by atoms with van der Waals surface area (Å²) in [5, 5.41) is 17.9. The Morgan fingerprint density at radius 1 is 1.25 bits per heavy atom. The van der Waals surface area contributed by atoms with Gasteiger partial charge in [0.1, 0.15) is 11.3 Å². The third kappa shape index (κ3) is 0.906. The van der Waals surface area contributed by atoms with Crippen LogP contribution in [0.5, 0.6) is 5.75 Å². The van der Waals surface area contributed by atoms with Gasteiger partial charge in [0.05, 0.1) is 6.20 Å². The second-order valence-electron chi connectivity index (χ2n) is 2.70. The number of hydrogen-bond acceptors (Lipinski definition) is 3. The van der Waals surface area contributed by atoms with Gasteiger partial charge in [-0.3, -0.25) is 0 Å². The van der Waals surface area contributed by atoms with Gasteiger partial charge in [-0.2, -0.15) is 5.10 Å². The van der Waals surface area contributed by atoms with E-state index in [0.29, 0.717) is 5.52 Å². The first-order valence-corrected chi connectivity index (χ1v) is 3.69. The topological polar surface area (TPSA) is 46.0 Å². The monoisotopic (exact) mass is 160 g/mol. The van der Waals surface area contributed by atoms with Crippen molar-refractivity contribution < 1.29 is 5.11 Å². The fourth-order valence-electron chi connectivity index (χ4n) is 1.21. The molecule has 0 unspecified atom stereocenters.